The Bertz CT molecular complexity index is 424. The molecule has 0 amide bonds. The molecule has 2 aromatic heterocycles. The quantitative estimate of drug-likeness (QED) is 0.865. The van der Waals surface area contributed by atoms with Gasteiger partial charge in [0.1, 0.15) is 11.4 Å². The SMILES string of the molecule is Cc1nonc1CNC(C)Cc1ccsc1. The van der Waals surface area contributed by atoms with Gasteiger partial charge in [0.15, 0.2) is 0 Å². The number of rotatable bonds is 5. The van der Waals surface area contributed by atoms with E-state index in [0.29, 0.717) is 12.6 Å². The molecule has 0 saturated heterocycles. The first-order valence-electron chi connectivity index (χ1n) is 5.28. The molecule has 0 radical (unpaired) electrons. The van der Waals surface area contributed by atoms with E-state index in [0.717, 1.165) is 17.8 Å². The monoisotopic (exact) mass is 237 g/mol. The molecule has 4 nitrogen and oxygen atoms in total. The highest BCUT2D eigenvalue weighted by Crippen LogP contribution is 2.09. The lowest BCUT2D eigenvalue weighted by Crippen LogP contribution is -2.27. The molecule has 0 aromatic carbocycles. The van der Waals surface area contributed by atoms with Crippen molar-refractivity contribution in [2.45, 2.75) is 32.9 Å². The van der Waals surface area contributed by atoms with Crippen LogP contribution in [-0.2, 0) is 13.0 Å². The molecule has 86 valence electrons. The molecule has 1 unspecified atom stereocenters. The number of hydrogen-bond donors (Lipinski definition) is 1. The molecular formula is C11H15N3OS. The van der Waals surface area contributed by atoms with Crippen LogP contribution in [0.4, 0.5) is 0 Å². The maximum Gasteiger partial charge on any atom is 0.121 e. The molecule has 0 bridgehead atoms. The molecule has 2 aromatic rings. The Morgan fingerprint density at radius 3 is 3.00 bits per heavy atom. The zero-order valence-electron chi connectivity index (χ0n) is 9.43. The summed E-state index contributed by atoms with van der Waals surface area (Å²) in [6.45, 7) is 4.78. The summed E-state index contributed by atoms with van der Waals surface area (Å²) in [6, 6.07) is 2.58. The minimum atomic E-state index is 0.422. The van der Waals surface area contributed by atoms with Gasteiger partial charge in [0.25, 0.3) is 0 Å². The van der Waals surface area contributed by atoms with Gasteiger partial charge in [0, 0.05) is 12.6 Å². The lowest BCUT2D eigenvalue weighted by Gasteiger charge is -2.11. The van der Waals surface area contributed by atoms with Gasteiger partial charge < -0.3 is 5.32 Å². The molecule has 1 atom stereocenters. The summed E-state index contributed by atoms with van der Waals surface area (Å²) in [5.74, 6) is 0. The van der Waals surface area contributed by atoms with Crippen molar-refractivity contribution in [2.75, 3.05) is 0 Å². The van der Waals surface area contributed by atoms with Crippen molar-refractivity contribution in [1.29, 1.82) is 0 Å². The minimum Gasteiger partial charge on any atom is -0.308 e. The first-order chi connectivity index (χ1) is 7.75. The van der Waals surface area contributed by atoms with Crippen molar-refractivity contribution in [2.24, 2.45) is 0 Å². The zero-order valence-corrected chi connectivity index (χ0v) is 10.3. The van der Waals surface area contributed by atoms with E-state index >= 15 is 0 Å². The minimum absolute atomic E-state index is 0.422. The number of aryl methyl sites for hydroxylation is 1. The van der Waals surface area contributed by atoms with Crippen LogP contribution in [0.1, 0.15) is 23.9 Å². The van der Waals surface area contributed by atoms with Gasteiger partial charge in [-0.2, -0.15) is 11.3 Å². The summed E-state index contributed by atoms with van der Waals surface area (Å²) >= 11 is 1.73. The Labute approximate surface area is 98.6 Å². The van der Waals surface area contributed by atoms with Crippen LogP contribution >= 0.6 is 11.3 Å². The third-order valence-corrected chi connectivity index (χ3v) is 3.22. The summed E-state index contributed by atoms with van der Waals surface area (Å²) in [5, 5.41) is 15.3. The van der Waals surface area contributed by atoms with Gasteiger partial charge in [-0.3, -0.25) is 0 Å². The van der Waals surface area contributed by atoms with E-state index in [1.54, 1.807) is 11.3 Å². The largest absolute Gasteiger partial charge is 0.308 e. The highest BCUT2D eigenvalue weighted by atomic mass is 32.1. The Kier molecular flexibility index (Phi) is 3.69. The Balaban J connectivity index is 1.80. The summed E-state index contributed by atoms with van der Waals surface area (Å²) in [4.78, 5) is 0. The van der Waals surface area contributed by atoms with E-state index in [2.05, 4.69) is 44.0 Å². The summed E-state index contributed by atoms with van der Waals surface area (Å²) in [7, 11) is 0. The molecular weight excluding hydrogens is 222 g/mol. The molecule has 2 heterocycles. The van der Waals surface area contributed by atoms with E-state index < -0.39 is 0 Å². The molecule has 0 saturated carbocycles. The number of nitrogens with zero attached hydrogens (tertiary/aromatic N) is 2. The van der Waals surface area contributed by atoms with E-state index in [1.165, 1.54) is 5.56 Å². The predicted molar refractivity (Wildman–Crippen MR) is 63.4 cm³/mol. The molecule has 0 aliphatic rings. The number of aromatic nitrogens is 2. The summed E-state index contributed by atoms with van der Waals surface area (Å²) < 4.78 is 4.65. The third kappa shape index (κ3) is 2.90. The van der Waals surface area contributed by atoms with Crippen LogP contribution in [0.2, 0.25) is 0 Å². The summed E-state index contributed by atoms with van der Waals surface area (Å²) in [6.07, 6.45) is 1.04. The molecule has 2 rings (SSSR count). The summed E-state index contributed by atoms with van der Waals surface area (Å²) in [5.41, 5.74) is 3.12. The van der Waals surface area contributed by atoms with Crippen LogP contribution in [0, 0.1) is 6.92 Å². The fourth-order valence-electron chi connectivity index (χ4n) is 1.52. The Morgan fingerprint density at radius 2 is 2.38 bits per heavy atom. The maximum absolute atomic E-state index is 4.65. The Morgan fingerprint density at radius 1 is 1.50 bits per heavy atom. The van der Waals surface area contributed by atoms with Crippen molar-refractivity contribution >= 4 is 11.3 Å². The normalized spacial score (nSPS) is 12.9. The fraction of sp³-hybridized carbons (Fsp3) is 0.455. The van der Waals surface area contributed by atoms with Gasteiger partial charge in [-0.05, 0) is 42.7 Å². The second-order valence-corrected chi connectivity index (χ2v) is 4.69. The molecule has 0 aliphatic carbocycles. The number of hydrogen-bond acceptors (Lipinski definition) is 5. The first kappa shape index (κ1) is 11.3. The van der Waals surface area contributed by atoms with E-state index in [4.69, 9.17) is 0 Å². The molecule has 1 N–H and O–H groups in total. The second-order valence-electron chi connectivity index (χ2n) is 3.91. The molecule has 0 spiro atoms. The Hall–Kier alpha value is -1.20. The van der Waals surface area contributed by atoms with Crippen LogP contribution in [0.3, 0.4) is 0 Å². The number of nitrogens with one attached hydrogen (secondary N) is 1. The van der Waals surface area contributed by atoms with Gasteiger partial charge in [-0.1, -0.05) is 10.3 Å². The average molecular weight is 237 g/mol. The maximum atomic E-state index is 4.65. The van der Waals surface area contributed by atoms with Gasteiger partial charge in [0.05, 0.1) is 0 Å². The van der Waals surface area contributed by atoms with Gasteiger partial charge in [-0.15, -0.1) is 0 Å². The second kappa shape index (κ2) is 5.23. The van der Waals surface area contributed by atoms with Gasteiger partial charge in [0.2, 0.25) is 0 Å². The van der Waals surface area contributed by atoms with E-state index in [1.807, 2.05) is 6.92 Å². The van der Waals surface area contributed by atoms with Crippen molar-refractivity contribution in [3.8, 4) is 0 Å². The van der Waals surface area contributed by atoms with Gasteiger partial charge in [-0.25, -0.2) is 4.63 Å². The third-order valence-electron chi connectivity index (χ3n) is 2.49. The van der Waals surface area contributed by atoms with Crippen LogP contribution in [0.25, 0.3) is 0 Å². The van der Waals surface area contributed by atoms with E-state index in [9.17, 15) is 0 Å². The molecule has 5 heteroatoms. The van der Waals surface area contributed by atoms with Crippen LogP contribution in [-0.4, -0.2) is 16.4 Å². The highest BCUT2D eigenvalue weighted by Gasteiger charge is 2.08. The van der Waals surface area contributed by atoms with Crippen molar-refractivity contribution in [3.05, 3.63) is 33.8 Å². The smallest absolute Gasteiger partial charge is 0.121 e. The molecule has 0 fully saturated rings. The van der Waals surface area contributed by atoms with Crippen molar-refractivity contribution in [3.63, 3.8) is 0 Å². The highest BCUT2D eigenvalue weighted by molar-refractivity contribution is 7.07. The lowest BCUT2D eigenvalue weighted by molar-refractivity contribution is 0.300. The van der Waals surface area contributed by atoms with Crippen LogP contribution in [0.5, 0.6) is 0 Å². The van der Waals surface area contributed by atoms with Gasteiger partial charge >= 0.3 is 0 Å². The molecule has 16 heavy (non-hydrogen) atoms. The van der Waals surface area contributed by atoms with Crippen LogP contribution in [0.15, 0.2) is 21.5 Å². The predicted octanol–water partition coefficient (Wildman–Crippen LogP) is 2.16. The zero-order chi connectivity index (χ0) is 11.4. The van der Waals surface area contributed by atoms with Crippen molar-refractivity contribution in [1.82, 2.24) is 15.6 Å². The first-order valence-corrected chi connectivity index (χ1v) is 6.22. The topological polar surface area (TPSA) is 51.0 Å². The van der Waals surface area contributed by atoms with Crippen molar-refractivity contribution < 1.29 is 4.63 Å². The van der Waals surface area contributed by atoms with Crippen LogP contribution < -0.4 is 5.32 Å². The standard InChI is InChI=1S/C11H15N3OS/c1-8(5-10-3-4-16-7-10)12-6-11-9(2)13-15-14-11/h3-4,7-8,12H,5-6H2,1-2H3. The fourth-order valence-corrected chi connectivity index (χ4v) is 2.20. The molecule has 0 aliphatic heterocycles. The lowest BCUT2D eigenvalue weighted by atomic mass is 10.1. The average Bonchev–Trinajstić information content (AvgIpc) is 2.87. The number of thiophene rings is 1. The van der Waals surface area contributed by atoms with E-state index in [-0.39, 0.29) is 0 Å².